The Morgan fingerprint density at radius 2 is 2.50 bits per heavy atom. The molecular formula is C10H14N2O2. The monoisotopic (exact) mass is 194 g/mol. The summed E-state index contributed by atoms with van der Waals surface area (Å²) in [5.41, 5.74) is 6.23. The minimum atomic E-state index is -0.0754. The zero-order chi connectivity index (χ0) is 10.1. The Hall–Kier alpha value is -1.29. The molecule has 0 aliphatic heterocycles. The van der Waals surface area contributed by atoms with E-state index in [0.717, 1.165) is 18.6 Å². The van der Waals surface area contributed by atoms with E-state index in [2.05, 4.69) is 5.32 Å². The Kier molecular flexibility index (Phi) is 2.29. The van der Waals surface area contributed by atoms with E-state index in [1.54, 1.807) is 12.3 Å². The van der Waals surface area contributed by atoms with Crippen LogP contribution in [-0.4, -0.2) is 18.0 Å². The first-order valence-electron chi connectivity index (χ1n) is 4.85. The molecule has 1 saturated carbocycles. The maximum absolute atomic E-state index is 11.7. The maximum Gasteiger partial charge on any atom is 0.255 e. The van der Waals surface area contributed by atoms with Gasteiger partial charge in [-0.25, -0.2) is 0 Å². The number of furan rings is 1. The second-order valence-electron chi connectivity index (χ2n) is 3.59. The highest BCUT2D eigenvalue weighted by atomic mass is 16.3. The fourth-order valence-corrected chi connectivity index (χ4v) is 1.44. The molecule has 2 unspecified atom stereocenters. The second-order valence-corrected chi connectivity index (χ2v) is 3.59. The van der Waals surface area contributed by atoms with Gasteiger partial charge in [-0.3, -0.25) is 4.79 Å². The summed E-state index contributed by atoms with van der Waals surface area (Å²) in [7, 11) is 0. The van der Waals surface area contributed by atoms with Crippen molar-refractivity contribution in [2.45, 2.75) is 31.8 Å². The highest BCUT2D eigenvalue weighted by molar-refractivity contribution is 5.95. The molecule has 2 atom stereocenters. The molecule has 4 nitrogen and oxygen atoms in total. The molecule has 1 aliphatic rings. The third-order valence-corrected chi connectivity index (χ3v) is 2.47. The molecule has 1 aromatic rings. The minimum absolute atomic E-state index is 0.0754. The van der Waals surface area contributed by atoms with E-state index in [9.17, 15) is 4.79 Å². The van der Waals surface area contributed by atoms with Crippen LogP contribution in [0.25, 0.3) is 0 Å². The van der Waals surface area contributed by atoms with Crippen molar-refractivity contribution in [3.05, 3.63) is 23.7 Å². The van der Waals surface area contributed by atoms with Crippen molar-refractivity contribution >= 4 is 5.91 Å². The Morgan fingerprint density at radius 1 is 1.79 bits per heavy atom. The normalized spacial score (nSPS) is 24.7. The first-order valence-corrected chi connectivity index (χ1v) is 4.85. The molecule has 1 amide bonds. The largest absolute Gasteiger partial charge is 0.469 e. The van der Waals surface area contributed by atoms with Crippen LogP contribution in [-0.2, 0) is 6.42 Å². The number of carbonyl (C=O) groups excluding carboxylic acids is 1. The zero-order valence-corrected chi connectivity index (χ0v) is 8.12. The van der Waals surface area contributed by atoms with Crippen molar-refractivity contribution in [2.24, 2.45) is 5.73 Å². The van der Waals surface area contributed by atoms with E-state index in [-0.39, 0.29) is 18.0 Å². The average Bonchev–Trinajstić information content (AvgIpc) is 2.72. The molecule has 1 aromatic heterocycles. The average molecular weight is 194 g/mol. The van der Waals surface area contributed by atoms with Crippen molar-refractivity contribution < 1.29 is 9.21 Å². The summed E-state index contributed by atoms with van der Waals surface area (Å²) in [4.78, 5) is 11.7. The first kappa shape index (κ1) is 9.27. The summed E-state index contributed by atoms with van der Waals surface area (Å²) in [6.45, 7) is 1.96. The molecule has 1 heterocycles. The number of carbonyl (C=O) groups is 1. The SMILES string of the molecule is CCc1occc1C(=O)NC1CC1N. The summed E-state index contributed by atoms with van der Waals surface area (Å²) in [5, 5.41) is 2.86. The second kappa shape index (κ2) is 3.46. The first-order chi connectivity index (χ1) is 6.72. The van der Waals surface area contributed by atoms with E-state index in [4.69, 9.17) is 10.2 Å². The van der Waals surface area contributed by atoms with E-state index >= 15 is 0 Å². The lowest BCUT2D eigenvalue weighted by Crippen LogP contribution is -2.29. The van der Waals surface area contributed by atoms with Crippen LogP contribution in [0.15, 0.2) is 16.7 Å². The Bertz CT molecular complexity index is 346. The van der Waals surface area contributed by atoms with Crippen molar-refractivity contribution in [1.29, 1.82) is 0 Å². The van der Waals surface area contributed by atoms with Crippen LogP contribution >= 0.6 is 0 Å². The van der Waals surface area contributed by atoms with Gasteiger partial charge >= 0.3 is 0 Å². The third-order valence-electron chi connectivity index (χ3n) is 2.47. The standard InChI is InChI=1S/C10H14N2O2/c1-2-9-6(3-4-14-9)10(13)12-8-5-7(8)11/h3-4,7-8H,2,5,11H2,1H3,(H,12,13). The van der Waals surface area contributed by atoms with E-state index < -0.39 is 0 Å². The third kappa shape index (κ3) is 1.65. The highest BCUT2D eigenvalue weighted by Crippen LogP contribution is 2.19. The van der Waals surface area contributed by atoms with Gasteiger partial charge in [0, 0.05) is 18.5 Å². The fraction of sp³-hybridized carbons (Fsp3) is 0.500. The van der Waals surface area contributed by atoms with E-state index in [1.165, 1.54) is 0 Å². The summed E-state index contributed by atoms with van der Waals surface area (Å²) in [6, 6.07) is 1.99. The van der Waals surface area contributed by atoms with Gasteiger partial charge in [0.15, 0.2) is 0 Å². The molecule has 0 spiro atoms. The number of hydrogen-bond donors (Lipinski definition) is 2. The lowest BCUT2D eigenvalue weighted by atomic mass is 10.2. The molecular weight excluding hydrogens is 180 g/mol. The molecule has 4 heteroatoms. The van der Waals surface area contributed by atoms with Crippen LogP contribution < -0.4 is 11.1 Å². The lowest BCUT2D eigenvalue weighted by Gasteiger charge is -2.02. The Balaban J connectivity index is 2.03. The maximum atomic E-state index is 11.7. The topological polar surface area (TPSA) is 68.3 Å². The lowest BCUT2D eigenvalue weighted by molar-refractivity contribution is 0.0948. The van der Waals surface area contributed by atoms with Crippen LogP contribution in [0.1, 0.15) is 29.5 Å². The fourth-order valence-electron chi connectivity index (χ4n) is 1.44. The van der Waals surface area contributed by atoms with Crippen LogP contribution in [0.4, 0.5) is 0 Å². The molecule has 0 radical (unpaired) electrons. The molecule has 76 valence electrons. The quantitative estimate of drug-likeness (QED) is 0.743. The van der Waals surface area contributed by atoms with Gasteiger partial charge in [-0.05, 0) is 12.5 Å². The number of rotatable bonds is 3. The van der Waals surface area contributed by atoms with Gasteiger partial charge in [-0.1, -0.05) is 6.92 Å². The Labute approximate surface area is 82.5 Å². The number of nitrogens with two attached hydrogens (primary N) is 1. The predicted octanol–water partition coefficient (Wildman–Crippen LogP) is 0.671. The van der Waals surface area contributed by atoms with Crippen molar-refractivity contribution in [2.75, 3.05) is 0 Å². The van der Waals surface area contributed by atoms with Crippen LogP contribution in [0.5, 0.6) is 0 Å². The zero-order valence-electron chi connectivity index (χ0n) is 8.12. The summed E-state index contributed by atoms with van der Waals surface area (Å²) < 4.78 is 5.17. The molecule has 0 saturated heterocycles. The van der Waals surface area contributed by atoms with Crippen molar-refractivity contribution in [1.82, 2.24) is 5.32 Å². The minimum Gasteiger partial charge on any atom is -0.469 e. The molecule has 2 rings (SSSR count). The molecule has 0 bridgehead atoms. The molecule has 1 fully saturated rings. The predicted molar refractivity (Wildman–Crippen MR) is 51.9 cm³/mol. The summed E-state index contributed by atoms with van der Waals surface area (Å²) in [6.07, 6.45) is 3.15. The smallest absolute Gasteiger partial charge is 0.255 e. The number of aryl methyl sites for hydroxylation is 1. The van der Waals surface area contributed by atoms with Crippen molar-refractivity contribution in [3.63, 3.8) is 0 Å². The van der Waals surface area contributed by atoms with Crippen molar-refractivity contribution in [3.8, 4) is 0 Å². The summed E-state index contributed by atoms with van der Waals surface area (Å²) in [5.74, 6) is 0.658. The van der Waals surface area contributed by atoms with Gasteiger partial charge in [0.05, 0.1) is 11.8 Å². The summed E-state index contributed by atoms with van der Waals surface area (Å²) >= 11 is 0. The van der Waals surface area contributed by atoms with Gasteiger partial charge in [-0.15, -0.1) is 0 Å². The molecule has 0 aromatic carbocycles. The van der Waals surface area contributed by atoms with E-state index in [0.29, 0.717) is 5.56 Å². The van der Waals surface area contributed by atoms with Gasteiger partial charge in [0.1, 0.15) is 5.76 Å². The van der Waals surface area contributed by atoms with Gasteiger partial charge in [-0.2, -0.15) is 0 Å². The number of amides is 1. The Morgan fingerprint density at radius 3 is 3.07 bits per heavy atom. The van der Waals surface area contributed by atoms with Crippen LogP contribution in [0.2, 0.25) is 0 Å². The number of hydrogen-bond acceptors (Lipinski definition) is 3. The number of nitrogens with one attached hydrogen (secondary N) is 1. The molecule has 1 aliphatic carbocycles. The molecule has 3 N–H and O–H groups in total. The highest BCUT2D eigenvalue weighted by Gasteiger charge is 2.35. The van der Waals surface area contributed by atoms with Gasteiger partial charge in [0.25, 0.3) is 5.91 Å². The van der Waals surface area contributed by atoms with Crippen LogP contribution in [0, 0.1) is 0 Å². The van der Waals surface area contributed by atoms with Crippen LogP contribution in [0.3, 0.4) is 0 Å². The van der Waals surface area contributed by atoms with Gasteiger partial charge in [0.2, 0.25) is 0 Å². The van der Waals surface area contributed by atoms with E-state index in [1.807, 2.05) is 6.92 Å². The van der Waals surface area contributed by atoms with Gasteiger partial charge < -0.3 is 15.5 Å². The molecule has 14 heavy (non-hydrogen) atoms.